The van der Waals surface area contributed by atoms with Gasteiger partial charge in [-0.2, -0.15) is 0 Å². The zero-order valence-electron chi connectivity index (χ0n) is 8.78. The minimum absolute atomic E-state index is 0.543. The van der Waals surface area contributed by atoms with Gasteiger partial charge in [0.05, 0.1) is 11.2 Å². The van der Waals surface area contributed by atoms with Crippen LogP contribution < -0.4 is 4.90 Å². The van der Waals surface area contributed by atoms with Gasteiger partial charge < -0.3 is 9.88 Å². The summed E-state index contributed by atoms with van der Waals surface area (Å²) < 4.78 is 0. The Morgan fingerprint density at radius 1 is 1.31 bits per heavy atom. The number of halogens is 1. The molecule has 0 aliphatic carbocycles. The van der Waals surface area contributed by atoms with Crippen LogP contribution in [0.2, 0.25) is 5.15 Å². The summed E-state index contributed by atoms with van der Waals surface area (Å²) in [5, 5.41) is 0.543. The molecule has 1 N–H and O–H groups in total. The highest BCUT2D eigenvalue weighted by molar-refractivity contribution is 6.29. The number of nitrogens with zero attached hydrogens (tertiary/aromatic N) is 2. The van der Waals surface area contributed by atoms with Gasteiger partial charge in [0, 0.05) is 19.3 Å². The van der Waals surface area contributed by atoms with E-state index in [1.165, 1.54) is 0 Å². The van der Waals surface area contributed by atoms with Crippen LogP contribution in [0.25, 0.3) is 11.0 Å². The quantitative estimate of drug-likeness (QED) is 0.607. The molecule has 0 bridgehead atoms. The van der Waals surface area contributed by atoms with E-state index in [1.807, 2.05) is 12.3 Å². The number of nitrogens with one attached hydrogen (secondary N) is 1. The molecule has 0 saturated carbocycles. The summed E-state index contributed by atoms with van der Waals surface area (Å²) in [4.78, 5) is 9.91. The fourth-order valence-electron chi connectivity index (χ4n) is 2.06. The van der Waals surface area contributed by atoms with E-state index < -0.39 is 0 Å². The lowest BCUT2D eigenvalue weighted by Gasteiger charge is -2.24. The first-order chi connectivity index (χ1) is 7.84. The van der Waals surface area contributed by atoms with E-state index in [4.69, 9.17) is 11.6 Å². The highest BCUT2D eigenvalue weighted by Crippen LogP contribution is 2.27. The minimum Gasteiger partial charge on any atom is -0.365 e. The average Bonchev–Trinajstić information content (AvgIpc) is 2.73. The van der Waals surface area contributed by atoms with E-state index in [9.17, 15) is 0 Å². The summed E-state index contributed by atoms with van der Waals surface area (Å²) in [6.45, 7) is 1.98. The second-order valence-electron chi connectivity index (χ2n) is 3.91. The average molecular weight is 234 g/mol. The Morgan fingerprint density at radius 3 is 3.06 bits per heavy atom. The topological polar surface area (TPSA) is 31.9 Å². The van der Waals surface area contributed by atoms with E-state index in [1.54, 1.807) is 6.07 Å². The van der Waals surface area contributed by atoms with E-state index in [0.29, 0.717) is 5.15 Å². The van der Waals surface area contributed by atoms with Gasteiger partial charge in [-0.15, -0.1) is 0 Å². The first-order valence-electron chi connectivity index (χ1n) is 5.38. The minimum atomic E-state index is 0.543. The van der Waals surface area contributed by atoms with Gasteiger partial charge in [0.25, 0.3) is 0 Å². The van der Waals surface area contributed by atoms with Gasteiger partial charge in [-0.25, -0.2) is 4.98 Å². The number of anilines is 1. The maximum absolute atomic E-state index is 5.93. The molecule has 2 aromatic rings. The number of rotatable bonds is 1. The summed E-state index contributed by atoms with van der Waals surface area (Å²) >= 11 is 5.93. The molecule has 3 nitrogen and oxygen atoms in total. The van der Waals surface area contributed by atoms with Gasteiger partial charge in [0.2, 0.25) is 0 Å². The Bertz CT molecular complexity index is 544. The molecule has 0 radical (unpaired) electrons. The molecule has 0 aromatic carbocycles. The third-order valence-corrected chi connectivity index (χ3v) is 3.08. The molecule has 0 spiro atoms. The number of hydrogen-bond acceptors (Lipinski definition) is 2. The molecule has 2 aromatic heterocycles. The van der Waals surface area contributed by atoms with Crippen LogP contribution >= 0.6 is 11.6 Å². The highest BCUT2D eigenvalue weighted by atomic mass is 35.5. The molecule has 0 atom stereocenters. The Balaban J connectivity index is 2.09. The van der Waals surface area contributed by atoms with Crippen LogP contribution in [0.4, 0.5) is 5.69 Å². The summed E-state index contributed by atoms with van der Waals surface area (Å²) in [5.41, 5.74) is 3.14. The number of aromatic amines is 1. The molecule has 16 heavy (non-hydrogen) atoms. The Kier molecular flexibility index (Phi) is 2.33. The largest absolute Gasteiger partial charge is 0.365 e. The van der Waals surface area contributed by atoms with Crippen molar-refractivity contribution in [3.8, 4) is 0 Å². The van der Waals surface area contributed by atoms with Gasteiger partial charge in [0.1, 0.15) is 10.7 Å². The predicted octanol–water partition coefficient (Wildman–Crippen LogP) is 2.98. The summed E-state index contributed by atoms with van der Waals surface area (Å²) in [5.74, 6) is 0. The van der Waals surface area contributed by atoms with Crippen LogP contribution in [-0.2, 0) is 0 Å². The number of H-pyrrole nitrogens is 1. The van der Waals surface area contributed by atoms with Crippen molar-refractivity contribution >= 4 is 28.3 Å². The summed E-state index contributed by atoms with van der Waals surface area (Å²) in [6.07, 6.45) is 7.50. The number of hydrogen-bond donors (Lipinski definition) is 1. The van der Waals surface area contributed by atoms with E-state index in [2.05, 4.69) is 27.0 Å². The second kappa shape index (κ2) is 3.83. The van der Waals surface area contributed by atoms with Gasteiger partial charge >= 0.3 is 0 Å². The number of pyridine rings is 1. The van der Waals surface area contributed by atoms with Gasteiger partial charge in [0.15, 0.2) is 0 Å². The lowest BCUT2D eigenvalue weighted by atomic mass is 10.2. The van der Waals surface area contributed by atoms with Crippen molar-refractivity contribution in [1.82, 2.24) is 9.97 Å². The van der Waals surface area contributed by atoms with Crippen LogP contribution in [0.1, 0.15) is 6.42 Å². The smallest absolute Gasteiger partial charge is 0.130 e. The lowest BCUT2D eigenvalue weighted by molar-refractivity contribution is 0.823. The number of aromatic nitrogens is 2. The SMILES string of the molecule is Clc1ccc2[nH]cc(N3CC=CCC3)c2n1. The van der Waals surface area contributed by atoms with Crippen LogP contribution in [-0.4, -0.2) is 23.1 Å². The molecule has 1 aliphatic heterocycles. The molecule has 4 heteroatoms. The molecular formula is C12H12ClN3. The molecule has 0 fully saturated rings. The van der Waals surface area contributed by atoms with Crippen molar-refractivity contribution < 1.29 is 0 Å². The van der Waals surface area contributed by atoms with Crippen molar-refractivity contribution in [3.63, 3.8) is 0 Å². The first kappa shape index (κ1) is 9.73. The lowest BCUT2D eigenvalue weighted by Crippen LogP contribution is -2.26. The fourth-order valence-corrected chi connectivity index (χ4v) is 2.21. The van der Waals surface area contributed by atoms with Crippen molar-refractivity contribution in [1.29, 1.82) is 0 Å². The zero-order valence-corrected chi connectivity index (χ0v) is 9.54. The van der Waals surface area contributed by atoms with E-state index in [0.717, 1.165) is 36.2 Å². The van der Waals surface area contributed by atoms with Crippen molar-refractivity contribution in [2.24, 2.45) is 0 Å². The molecule has 0 unspecified atom stereocenters. The monoisotopic (exact) mass is 233 g/mol. The summed E-state index contributed by atoms with van der Waals surface area (Å²) in [6, 6.07) is 3.77. The maximum Gasteiger partial charge on any atom is 0.130 e. The van der Waals surface area contributed by atoms with Crippen LogP contribution in [0.5, 0.6) is 0 Å². The van der Waals surface area contributed by atoms with Crippen LogP contribution in [0, 0.1) is 0 Å². The van der Waals surface area contributed by atoms with Crippen molar-refractivity contribution in [2.45, 2.75) is 6.42 Å². The van der Waals surface area contributed by atoms with E-state index in [-0.39, 0.29) is 0 Å². The molecule has 0 amide bonds. The van der Waals surface area contributed by atoms with Gasteiger partial charge in [-0.3, -0.25) is 0 Å². The Morgan fingerprint density at radius 2 is 2.25 bits per heavy atom. The van der Waals surface area contributed by atoms with Crippen LogP contribution in [0.3, 0.4) is 0 Å². The Labute approximate surface area is 98.7 Å². The molecular weight excluding hydrogens is 222 g/mol. The Hall–Kier alpha value is -1.48. The molecule has 3 rings (SSSR count). The third kappa shape index (κ3) is 1.57. The number of fused-ring (bicyclic) bond motifs is 1. The zero-order chi connectivity index (χ0) is 11.0. The fraction of sp³-hybridized carbons (Fsp3) is 0.250. The van der Waals surface area contributed by atoms with Crippen molar-refractivity contribution in [3.05, 3.63) is 35.6 Å². The predicted molar refractivity (Wildman–Crippen MR) is 67.1 cm³/mol. The third-order valence-electron chi connectivity index (χ3n) is 2.87. The van der Waals surface area contributed by atoms with Gasteiger partial charge in [-0.05, 0) is 18.6 Å². The highest BCUT2D eigenvalue weighted by Gasteiger charge is 2.13. The maximum atomic E-state index is 5.93. The van der Waals surface area contributed by atoms with Gasteiger partial charge in [-0.1, -0.05) is 23.8 Å². The molecule has 1 aliphatic rings. The molecule has 82 valence electrons. The molecule has 3 heterocycles. The van der Waals surface area contributed by atoms with Crippen molar-refractivity contribution in [2.75, 3.05) is 18.0 Å². The normalized spacial score (nSPS) is 15.9. The second-order valence-corrected chi connectivity index (χ2v) is 4.30. The first-order valence-corrected chi connectivity index (χ1v) is 5.76. The van der Waals surface area contributed by atoms with E-state index >= 15 is 0 Å². The standard InChI is InChI=1S/C12H12ClN3/c13-11-5-4-9-12(15-11)10(8-14-9)16-6-2-1-3-7-16/h1-2,4-5,8,14H,3,6-7H2. The molecule has 0 saturated heterocycles. The van der Waals surface area contributed by atoms with Crippen LogP contribution in [0.15, 0.2) is 30.5 Å². The summed E-state index contributed by atoms with van der Waals surface area (Å²) in [7, 11) is 0.